The van der Waals surface area contributed by atoms with Crippen LogP contribution in [0.3, 0.4) is 0 Å². The van der Waals surface area contributed by atoms with E-state index in [-0.39, 0.29) is 22.0 Å². The van der Waals surface area contributed by atoms with Gasteiger partial charge in [0.05, 0.1) is 5.56 Å². The van der Waals surface area contributed by atoms with E-state index in [9.17, 15) is 14.4 Å². The highest BCUT2D eigenvalue weighted by Crippen LogP contribution is 2.49. The number of halogens is 2. The molecule has 5 heteroatoms. The van der Waals surface area contributed by atoms with Gasteiger partial charge in [-0.1, -0.05) is 38.9 Å². The van der Waals surface area contributed by atoms with E-state index in [4.69, 9.17) is 0 Å². The molecule has 1 N–H and O–H groups in total. The van der Waals surface area contributed by atoms with Crippen molar-refractivity contribution in [3.63, 3.8) is 0 Å². The monoisotopic (exact) mass is 373 g/mol. The zero-order valence-corrected chi connectivity index (χ0v) is 16.4. The molecule has 0 aliphatic heterocycles. The molecule has 0 atom stereocenters. The average Bonchev–Trinajstić information content (AvgIpc) is 2.58. The second-order valence-corrected chi connectivity index (χ2v) is 8.82. The van der Waals surface area contributed by atoms with Crippen molar-refractivity contribution in [3.05, 3.63) is 57.0 Å². The first-order valence-electron chi connectivity index (χ1n) is 9.14. The van der Waals surface area contributed by atoms with E-state index >= 15 is 4.39 Å². The quantitative estimate of drug-likeness (QED) is 0.645. The minimum absolute atomic E-state index is 0.0106. The van der Waals surface area contributed by atoms with E-state index in [0.717, 1.165) is 30.0 Å². The van der Waals surface area contributed by atoms with Gasteiger partial charge in [0.2, 0.25) is 0 Å². The molecule has 2 aromatic carbocycles. The van der Waals surface area contributed by atoms with Crippen LogP contribution in [0.4, 0.5) is 8.78 Å². The molecular weight excluding hydrogens is 348 g/mol. The molecule has 0 unspecified atom stereocenters. The van der Waals surface area contributed by atoms with Crippen molar-refractivity contribution in [3.8, 4) is 16.9 Å². The maximum atomic E-state index is 15.0. The Labute approximate surface area is 158 Å². The SMILES string of the molecule is Cc1cc2c(cc1-c1c(O)c(F)cc(CN=O)c1F)C(C)(C)CCC2(C)C. The number of benzene rings is 2. The third-order valence-corrected chi connectivity index (χ3v) is 5.97. The van der Waals surface area contributed by atoms with Crippen LogP contribution in [0.15, 0.2) is 23.4 Å². The van der Waals surface area contributed by atoms with Gasteiger partial charge in [0.25, 0.3) is 0 Å². The fourth-order valence-electron chi connectivity index (χ4n) is 4.09. The number of phenolic OH excluding ortho intramolecular Hbond substituents is 1. The van der Waals surface area contributed by atoms with Crippen LogP contribution in [0.25, 0.3) is 11.1 Å². The maximum Gasteiger partial charge on any atom is 0.166 e. The summed E-state index contributed by atoms with van der Waals surface area (Å²) in [7, 11) is 0. The van der Waals surface area contributed by atoms with Crippen LogP contribution in [0.2, 0.25) is 0 Å². The molecule has 1 aliphatic carbocycles. The number of nitroso groups, excluding NO2 is 1. The molecule has 0 aromatic heterocycles. The largest absolute Gasteiger partial charge is 0.504 e. The molecule has 0 saturated heterocycles. The molecule has 27 heavy (non-hydrogen) atoms. The fraction of sp³-hybridized carbons (Fsp3) is 0.455. The molecular formula is C22H25F2NO2. The first-order chi connectivity index (χ1) is 12.5. The van der Waals surface area contributed by atoms with Crippen LogP contribution < -0.4 is 0 Å². The van der Waals surface area contributed by atoms with Gasteiger partial charge in [-0.3, -0.25) is 0 Å². The summed E-state index contributed by atoms with van der Waals surface area (Å²) in [5.41, 5.74) is 3.00. The zero-order valence-electron chi connectivity index (χ0n) is 16.4. The van der Waals surface area contributed by atoms with Gasteiger partial charge in [-0.05, 0) is 65.0 Å². The molecule has 0 fully saturated rings. The van der Waals surface area contributed by atoms with Crippen LogP contribution in [-0.4, -0.2) is 5.11 Å². The third-order valence-electron chi connectivity index (χ3n) is 5.97. The number of hydrogen-bond acceptors (Lipinski definition) is 3. The molecule has 0 saturated carbocycles. The lowest BCUT2D eigenvalue weighted by molar-refractivity contribution is 0.332. The maximum absolute atomic E-state index is 15.0. The number of nitrogens with zero attached hydrogens (tertiary/aromatic N) is 1. The lowest BCUT2D eigenvalue weighted by Gasteiger charge is -2.42. The Morgan fingerprint density at radius 2 is 1.59 bits per heavy atom. The molecule has 0 spiro atoms. The van der Waals surface area contributed by atoms with Crippen LogP contribution in [0.1, 0.15) is 62.8 Å². The Balaban J connectivity index is 2.33. The summed E-state index contributed by atoms with van der Waals surface area (Å²) >= 11 is 0. The summed E-state index contributed by atoms with van der Waals surface area (Å²) in [4.78, 5) is 10.6. The second-order valence-electron chi connectivity index (χ2n) is 8.82. The Morgan fingerprint density at radius 1 is 1.04 bits per heavy atom. The van der Waals surface area contributed by atoms with Gasteiger partial charge >= 0.3 is 0 Å². The van der Waals surface area contributed by atoms with Gasteiger partial charge in [-0.25, -0.2) is 8.78 Å². The summed E-state index contributed by atoms with van der Waals surface area (Å²) < 4.78 is 29.2. The number of phenols is 1. The van der Waals surface area contributed by atoms with Crippen molar-refractivity contribution in [2.75, 3.05) is 0 Å². The van der Waals surface area contributed by atoms with Gasteiger partial charge in [0.15, 0.2) is 11.6 Å². The van der Waals surface area contributed by atoms with Gasteiger partial charge in [0.1, 0.15) is 12.4 Å². The standard InChI is InChI=1S/C22H25F2NO2/c1-12-8-15-16(22(4,5)7-6-21(15,2)3)10-14(12)18-19(24)13(11-25-27)9-17(23)20(18)26/h8-10,26H,6-7,11H2,1-5H3. The normalized spacial score (nSPS) is 17.4. The predicted octanol–water partition coefficient (Wildman–Crippen LogP) is 6.26. The number of hydrogen-bond donors (Lipinski definition) is 1. The van der Waals surface area contributed by atoms with E-state index in [0.29, 0.717) is 5.56 Å². The van der Waals surface area contributed by atoms with Crippen molar-refractivity contribution < 1.29 is 13.9 Å². The van der Waals surface area contributed by atoms with E-state index in [2.05, 4.69) is 32.9 Å². The summed E-state index contributed by atoms with van der Waals surface area (Å²) in [5.74, 6) is -2.50. The Hall–Kier alpha value is -2.30. The summed E-state index contributed by atoms with van der Waals surface area (Å²) in [6.07, 6.45) is 2.02. The number of aromatic hydroxyl groups is 1. The van der Waals surface area contributed by atoms with Crippen molar-refractivity contribution in [2.24, 2.45) is 5.18 Å². The topological polar surface area (TPSA) is 49.7 Å². The lowest BCUT2D eigenvalue weighted by atomic mass is 9.62. The minimum atomic E-state index is -0.957. The molecule has 0 bridgehead atoms. The van der Waals surface area contributed by atoms with Crippen LogP contribution in [-0.2, 0) is 17.4 Å². The lowest BCUT2D eigenvalue weighted by Crippen LogP contribution is -2.34. The molecule has 144 valence electrons. The third kappa shape index (κ3) is 3.13. The summed E-state index contributed by atoms with van der Waals surface area (Å²) in [5, 5.41) is 12.9. The second kappa shape index (κ2) is 6.39. The van der Waals surface area contributed by atoms with Gasteiger partial charge in [0, 0.05) is 5.56 Å². The van der Waals surface area contributed by atoms with Crippen molar-refractivity contribution in [1.29, 1.82) is 0 Å². The fourth-order valence-corrected chi connectivity index (χ4v) is 4.09. The van der Waals surface area contributed by atoms with E-state index in [1.165, 1.54) is 5.56 Å². The average molecular weight is 373 g/mol. The smallest absolute Gasteiger partial charge is 0.166 e. The number of fused-ring (bicyclic) bond motifs is 1. The molecule has 0 amide bonds. The van der Waals surface area contributed by atoms with E-state index < -0.39 is 23.9 Å². The van der Waals surface area contributed by atoms with E-state index in [1.54, 1.807) is 0 Å². The Bertz CT molecular complexity index is 933. The first kappa shape index (κ1) is 19.5. The van der Waals surface area contributed by atoms with Gasteiger partial charge < -0.3 is 5.11 Å². The van der Waals surface area contributed by atoms with Crippen molar-refractivity contribution >= 4 is 0 Å². The highest BCUT2D eigenvalue weighted by molar-refractivity contribution is 5.76. The summed E-state index contributed by atoms with van der Waals surface area (Å²) in [6, 6.07) is 4.73. The molecule has 0 radical (unpaired) electrons. The van der Waals surface area contributed by atoms with Crippen molar-refractivity contribution in [2.45, 2.75) is 64.8 Å². The minimum Gasteiger partial charge on any atom is -0.504 e. The zero-order chi connectivity index (χ0) is 20.1. The van der Waals surface area contributed by atoms with E-state index in [1.807, 2.05) is 19.1 Å². The Morgan fingerprint density at radius 3 is 2.15 bits per heavy atom. The molecule has 2 aromatic rings. The number of rotatable bonds is 3. The van der Waals surface area contributed by atoms with Gasteiger partial charge in [-0.2, -0.15) is 4.91 Å². The first-order valence-corrected chi connectivity index (χ1v) is 9.14. The van der Waals surface area contributed by atoms with Crippen LogP contribution in [0, 0.1) is 23.5 Å². The number of aryl methyl sites for hydroxylation is 1. The molecule has 3 nitrogen and oxygen atoms in total. The predicted molar refractivity (Wildman–Crippen MR) is 103 cm³/mol. The van der Waals surface area contributed by atoms with Crippen LogP contribution in [0.5, 0.6) is 5.75 Å². The highest BCUT2D eigenvalue weighted by atomic mass is 19.1. The van der Waals surface area contributed by atoms with Crippen LogP contribution >= 0.6 is 0 Å². The summed E-state index contributed by atoms with van der Waals surface area (Å²) in [6.45, 7) is 10.0. The highest BCUT2D eigenvalue weighted by Gasteiger charge is 2.38. The molecule has 1 aliphatic rings. The Kier molecular flexibility index (Phi) is 4.61. The molecule has 0 heterocycles. The van der Waals surface area contributed by atoms with Crippen molar-refractivity contribution in [1.82, 2.24) is 0 Å². The molecule has 3 rings (SSSR count). The van der Waals surface area contributed by atoms with Gasteiger partial charge in [-0.15, -0.1) is 0 Å².